The van der Waals surface area contributed by atoms with E-state index in [1.165, 1.54) is 0 Å². The van der Waals surface area contributed by atoms with Crippen molar-refractivity contribution in [2.24, 2.45) is 0 Å². The van der Waals surface area contributed by atoms with Gasteiger partial charge >= 0.3 is 0 Å². The third kappa shape index (κ3) is 2.30. The zero-order chi connectivity index (χ0) is 16.4. The molecular formula is C19H18N2O2. The summed E-state index contributed by atoms with van der Waals surface area (Å²) in [5.41, 5.74) is 1.58. The van der Waals surface area contributed by atoms with Gasteiger partial charge in [0.25, 0.3) is 0 Å². The zero-order valence-corrected chi connectivity index (χ0v) is 13.2. The average molecular weight is 306 g/mol. The molecule has 1 aliphatic rings. The third-order valence-corrected chi connectivity index (χ3v) is 4.65. The second kappa shape index (κ2) is 5.86. The lowest BCUT2D eigenvalue weighted by atomic mass is 9.77. The van der Waals surface area contributed by atoms with Crippen molar-refractivity contribution in [2.75, 3.05) is 14.2 Å². The minimum Gasteiger partial charge on any atom is -0.497 e. The van der Waals surface area contributed by atoms with Crippen LogP contribution in [0.5, 0.6) is 5.75 Å². The van der Waals surface area contributed by atoms with Crippen LogP contribution in [0.4, 0.5) is 0 Å². The highest BCUT2D eigenvalue weighted by Gasteiger charge is 2.50. The molecule has 0 fully saturated rings. The van der Waals surface area contributed by atoms with Gasteiger partial charge in [-0.1, -0.05) is 36.4 Å². The van der Waals surface area contributed by atoms with Crippen molar-refractivity contribution in [3.8, 4) is 11.8 Å². The molecule has 116 valence electrons. The molecule has 0 saturated carbocycles. The fraction of sp³-hybridized carbons (Fsp3) is 0.263. The molecule has 2 aromatic rings. The number of hydrogen-bond acceptors (Lipinski definition) is 4. The summed E-state index contributed by atoms with van der Waals surface area (Å²) in [6.45, 7) is 0. The number of ketones is 1. The van der Waals surface area contributed by atoms with Gasteiger partial charge in [-0.3, -0.25) is 4.79 Å². The van der Waals surface area contributed by atoms with Crippen LogP contribution in [0.3, 0.4) is 0 Å². The number of Topliss-reactive ketones (excluding diaryl/α,β-unsaturated/α-hetero) is 1. The molecule has 0 amide bonds. The molecule has 0 saturated heterocycles. The zero-order valence-electron chi connectivity index (χ0n) is 13.2. The molecule has 0 bridgehead atoms. The first-order valence-electron chi connectivity index (χ1n) is 7.51. The standard InChI is InChI=1S/C19H18N2O2/c1-21-19(11-14-5-3-4-6-16(14)18(19)22)17(12-20)13-7-9-15(23-2)10-8-13/h3-10,17,21H,11H2,1-2H3/t17-,19+/m0/s1. The van der Waals surface area contributed by atoms with E-state index in [0.717, 1.165) is 16.9 Å². The third-order valence-electron chi connectivity index (χ3n) is 4.65. The van der Waals surface area contributed by atoms with E-state index in [9.17, 15) is 10.1 Å². The van der Waals surface area contributed by atoms with Crippen LogP contribution in [-0.4, -0.2) is 25.5 Å². The summed E-state index contributed by atoms with van der Waals surface area (Å²) < 4.78 is 5.17. The summed E-state index contributed by atoms with van der Waals surface area (Å²) in [7, 11) is 3.35. The van der Waals surface area contributed by atoms with E-state index >= 15 is 0 Å². The summed E-state index contributed by atoms with van der Waals surface area (Å²) in [5, 5.41) is 12.9. The minimum atomic E-state index is -0.924. The number of nitriles is 1. The SMILES string of the molecule is CN[C@@]1([C@@H](C#N)c2ccc(OC)cc2)Cc2ccccc2C1=O. The monoisotopic (exact) mass is 306 g/mol. The van der Waals surface area contributed by atoms with Crippen LogP contribution in [0.15, 0.2) is 48.5 Å². The van der Waals surface area contributed by atoms with Crippen molar-refractivity contribution >= 4 is 5.78 Å². The van der Waals surface area contributed by atoms with Crippen LogP contribution in [0.1, 0.15) is 27.4 Å². The van der Waals surface area contributed by atoms with Crippen molar-refractivity contribution in [1.82, 2.24) is 5.32 Å². The number of likely N-dealkylation sites (N-methyl/N-ethyl adjacent to an activating group) is 1. The van der Waals surface area contributed by atoms with Gasteiger partial charge in [-0.2, -0.15) is 5.26 Å². The predicted octanol–water partition coefficient (Wildman–Crippen LogP) is 2.70. The summed E-state index contributed by atoms with van der Waals surface area (Å²) in [4.78, 5) is 13.0. The number of carbonyl (C=O) groups excluding carboxylic acids is 1. The first-order valence-corrected chi connectivity index (χ1v) is 7.51. The Morgan fingerprint density at radius 1 is 1.22 bits per heavy atom. The maximum Gasteiger partial charge on any atom is 0.185 e. The van der Waals surface area contributed by atoms with E-state index in [1.54, 1.807) is 14.2 Å². The highest BCUT2D eigenvalue weighted by molar-refractivity contribution is 6.08. The van der Waals surface area contributed by atoms with Gasteiger partial charge in [-0.25, -0.2) is 0 Å². The Labute approximate surface area is 135 Å². The summed E-state index contributed by atoms with van der Waals surface area (Å²) in [5.74, 6) is 0.140. The maximum atomic E-state index is 13.0. The number of rotatable bonds is 4. The van der Waals surface area contributed by atoms with Crippen molar-refractivity contribution in [3.63, 3.8) is 0 Å². The van der Waals surface area contributed by atoms with Gasteiger partial charge < -0.3 is 10.1 Å². The van der Waals surface area contributed by atoms with Crippen molar-refractivity contribution in [1.29, 1.82) is 5.26 Å². The maximum absolute atomic E-state index is 13.0. The lowest BCUT2D eigenvalue weighted by Crippen LogP contribution is -2.53. The number of hydrogen-bond donors (Lipinski definition) is 1. The van der Waals surface area contributed by atoms with Crippen LogP contribution in [0, 0.1) is 11.3 Å². The van der Waals surface area contributed by atoms with E-state index in [2.05, 4.69) is 11.4 Å². The molecule has 0 spiro atoms. The van der Waals surface area contributed by atoms with Gasteiger partial charge in [0.15, 0.2) is 5.78 Å². The highest BCUT2D eigenvalue weighted by Crippen LogP contribution is 2.40. The summed E-state index contributed by atoms with van der Waals surface area (Å²) >= 11 is 0. The lowest BCUT2D eigenvalue weighted by Gasteiger charge is -2.32. The van der Waals surface area contributed by atoms with E-state index in [0.29, 0.717) is 12.0 Å². The number of methoxy groups -OCH3 is 1. The molecular weight excluding hydrogens is 288 g/mol. The van der Waals surface area contributed by atoms with Crippen LogP contribution in [-0.2, 0) is 6.42 Å². The Morgan fingerprint density at radius 3 is 2.48 bits per heavy atom. The van der Waals surface area contributed by atoms with E-state index < -0.39 is 11.5 Å². The van der Waals surface area contributed by atoms with E-state index in [-0.39, 0.29) is 5.78 Å². The molecule has 0 heterocycles. The second-order valence-corrected chi connectivity index (χ2v) is 5.72. The summed E-state index contributed by atoms with van der Waals surface area (Å²) in [6, 6.07) is 17.2. The first-order chi connectivity index (χ1) is 11.2. The number of ether oxygens (including phenoxy) is 1. The van der Waals surface area contributed by atoms with Crippen LogP contribution in [0.25, 0.3) is 0 Å². The molecule has 0 radical (unpaired) electrons. The fourth-order valence-electron chi connectivity index (χ4n) is 3.36. The molecule has 0 aromatic heterocycles. The lowest BCUT2D eigenvalue weighted by molar-refractivity contribution is 0.0867. The van der Waals surface area contributed by atoms with E-state index in [1.807, 2.05) is 48.5 Å². The highest BCUT2D eigenvalue weighted by atomic mass is 16.5. The summed E-state index contributed by atoms with van der Waals surface area (Å²) in [6.07, 6.45) is 0.517. The van der Waals surface area contributed by atoms with Crippen molar-refractivity contribution in [3.05, 3.63) is 65.2 Å². The molecule has 3 rings (SSSR count). The van der Waals surface area contributed by atoms with E-state index in [4.69, 9.17) is 4.74 Å². The van der Waals surface area contributed by atoms with Crippen LogP contribution < -0.4 is 10.1 Å². The van der Waals surface area contributed by atoms with Crippen molar-refractivity contribution in [2.45, 2.75) is 17.9 Å². The van der Waals surface area contributed by atoms with Gasteiger partial charge in [0.2, 0.25) is 0 Å². The van der Waals surface area contributed by atoms with Crippen molar-refractivity contribution < 1.29 is 9.53 Å². The fourth-order valence-corrected chi connectivity index (χ4v) is 3.36. The number of nitrogens with one attached hydrogen (secondary N) is 1. The smallest absolute Gasteiger partial charge is 0.185 e. The van der Waals surface area contributed by atoms with Gasteiger partial charge in [0.05, 0.1) is 19.1 Å². The Bertz CT molecular complexity index is 777. The molecule has 1 N–H and O–H groups in total. The van der Waals surface area contributed by atoms with Gasteiger partial charge in [0, 0.05) is 12.0 Å². The Morgan fingerprint density at radius 2 is 1.91 bits per heavy atom. The molecule has 1 aliphatic carbocycles. The minimum absolute atomic E-state index is 0.0158. The van der Waals surface area contributed by atoms with Crippen LogP contribution in [0.2, 0.25) is 0 Å². The largest absolute Gasteiger partial charge is 0.497 e. The molecule has 0 aliphatic heterocycles. The topological polar surface area (TPSA) is 62.1 Å². The normalized spacial score (nSPS) is 20.7. The van der Waals surface area contributed by atoms with Gasteiger partial charge in [-0.05, 0) is 30.3 Å². The number of nitrogens with zero attached hydrogens (tertiary/aromatic N) is 1. The quantitative estimate of drug-likeness (QED) is 0.943. The molecule has 2 aromatic carbocycles. The molecule has 4 nitrogen and oxygen atoms in total. The number of benzene rings is 2. The molecule has 0 unspecified atom stereocenters. The molecule has 4 heteroatoms. The van der Waals surface area contributed by atoms with Gasteiger partial charge in [0.1, 0.15) is 11.3 Å². The Balaban J connectivity index is 2.05. The second-order valence-electron chi connectivity index (χ2n) is 5.72. The number of fused-ring (bicyclic) bond motifs is 1. The number of carbonyl (C=O) groups is 1. The Hall–Kier alpha value is -2.64. The molecule has 23 heavy (non-hydrogen) atoms. The first kappa shape index (κ1) is 15.3. The Kier molecular flexibility index (Phi) is 3.89. The van der Waals surface area contributed by atoms with Crippen LogP contribution >= 0.6 is 0 Å². The molecule has 2 atom stereocenters. The average Bonchev–Trinajstić information content (AvgIpc) is 2.90. The predicted molar refractivity (Wildman–Crippen MR) is 87.6 cm³/mol. The van der Waals surface area contributed by atoms with Gasteiger partial charge in [-0.15, -0.1) is 0 Å².